The number of thiol groups is 1. The highest BCUT2D eigenvalue weighted by atomic mass is 32.2. The zero-order chi connectivity index (χ0) is 10.9. The smallest absolute Gasteiger partial charge is 0.317 e. The van der Waals surface area contributed by atoms with E-state index in [-0.39, 0.29) is 10.2 Å². The molecule has 0 amide bonds. The van der Waals surface area contributed by atoms with Crippen molar-refractivity contribution in [2.24, 2.45) is 0 Å². The molecule has 1 saturated heterocycles. The number of rotatable bonds is 1. The first kappa shape index (κ1) is 11.1. The molecular formula is C10H14F3NS. The van der Waals surface area contributed by atoms with Crippen LogP contribution in [0, 0.1) is 0 Å². The molecule has 15 heavy (non-hydrogen) atoms. The van der Waals surface area contributed by atoms with Crippen LogP contribution in [-0.4, -0.2) is 24.5 Å². The lowest BCUT2D eigenvalue weighted by Gasteiger charge is -2.32. The molecule has 2 rings (SSSR count). The second-order valence-corrected chi connectivity index (χ2v) is 6.10. The molecular weight excluding hydrogens is 223 g/mol. The van der Waals surface area contributed by atoms with Crippen LogP contribution < -0.4 is 5.32 Å². The van der Waals surface area contributed by atoms with Crippen molar-refractivity contribution in [1.29, 1.82) is 0 Å². The van der Waals surface area contributed by atoms with Gasteiger partial charge in [0.2, 0.25) is 0 Å². The maximum atomic E-state index is 12.7. The number of hydrogen-bond donors (Lipinski definition) is 2. The molecule has 0 aromatic heterocycles. The monoisotopic (exact) mass is 237 g/mol. The van der Waals surface area contributed by atoms with Gasteiger partial charge in [0.05, 0.1) is 4.91 Å². The van der Waals surface area contributed by atoms with Gasteiger partial charge in [0.15, 0.2) is 0 Å². The Hall–Kier alpha value is -0.420. The highest BCUT2D eigenvalue weighted by molar-refractivity contribution is 8.23. The Morgan fingerprint density at radius 1 is 1.27 bits per heavy atom. The van der Waals surface area contributed by atoms with E-state index < -0.39 is 17.1 Å². The molecule has 1 fully saturated rings. The van der Waals surface area contributed by atoms with Crippen molar-refractivity contribution >= 4 is 10.9 Å². The summed E-state index contributed by atoms with van der Waals surface area (Å²) in [4.78, 5) is -0.301. The molecule has 0 aromatic rings. The Labute approximate surface area is 89.8 Å². The van der Waals surface area contributed by atoms with E-state index in [2.05, 4.69) is 5.32 Å². The highest BCUT2D eigenvalue weighted by Gasteiger charge is 2.40. The van der Waals surface area contributed by atoms with Crippen LogP contribution >= 0.6 is 10.9 Å². The number of halogens is 3. The summed E-state index contributed by atoms with van der Waals surface area (Å²) in [6.07, 6.45) is 0.400. The standard InChI is InChI=1S/C10H14F3NS/c11-10(12,13)9-2-1-7-15(9)8-3-5-14-6-4-8/h1-2,7-8,14-15H,3-6H2. The maximum Gasteiger partial charge on any atom is 0.420 e. The number of nitrogens with one attached hydrogen (secondary N) is 1. The Balaban J connectivity index is 2.08. The molecule has 0 radical (unpaired) electrons. The first-order chi connectivity index (χ1) is 7.09. The van der Waals surface area contributed by atoms with Crippen molar-refractivity contribution in [3.63, 3.8) is 0 Å². The van der Waals surface area contributed by atoms with Crippen molar-refractivity contribution in [1.82, 2.24) is 5.32 Å². The third kappa shape index (κ3) is 2.39. The lowest BCUT2D eigenvalue weighted by Crippen LogP contribution is -2.31. The van der Waals surface area contributed by atoms with E-state index >= 15 is 0 Å². The van der Waals surface area contributed by atoms with Crippen LogP contribution in [-0.2, 0) is 0 Å². The number of piperidine rings is 1. The van der Waals surface area contributed by atoms with Gasteiger partial charge in [-0.1, -0.05) is 6.08 Å². The van der Waals surface area contributed by atoms with Crippen molar-refractivity contribution in [2.75, 3.05) is 13.1 Å². The molecule has 86 valence electrons. The van der Waals surface area contributed by atoms with E-state index in [1.165, 1.54) is 6.08 Å². The average molecular weight is 237 g/mol. The van der Waals surface area contributed by atoms with Crippen molar-refractivity contribution in [3.05, 3.63) is 22.5 Å². The summed E-state index contributed by atoms with van der Waals surface area (Å²) in [6, 6.07) is 0. The van der Waals surface area contributed by atoms with Gasteiger partial charge in [0, 0.05) is 0 Å². The molecule has 2 heterocycles. The number of allylic oxidation sites excluding steroid dienone is 3. The average Bonchev–Trinajstić information content (AvgIpc) is 2.67. The van der Waals surface area contributed by atoms with Crippen LogP contribution in [0.2, 0.25) is 0 Å². The molecule has 1 atom stereocenters. The van der Waals surface area contributed by atoms with Crippen LogP contribution in [0.3, 0.4) is 0 Å². The summed E-state index contributed by atoms with van der Waals surface area (Å²) in [5, 5.41) is 5.15. The second-order valence-electron chi connectivity index (χ2n) is 3.78. The molecule has 0 aromatic carbocycles. The predicted molar refractivity (Wildman–Crippen MR) is 58.2 cm³/mol. The summed E-state index contributed by atoms with van der Waals surface area (Å²) in [6.45, 7) is 1.70. The molecule has 2 aliphatic rings. The summed E-state index contributed by atoms with van der Waals surface area (Å²) in [5.41, 5.74) is 0. The summed E-state index contributed by atoms with van der Waals surface area (Å²) in [7, 11) is -1.10. The molecule has 0 spiro atoms. The highest BCUT2D eigenvalue weighted by Crippen LogP contribution is 2.54. The normalized spacial score (nSPS) is 30.6. The third-order valence-corrected chi connectivity index (χ3v) is 5.53. The van der Waals surface area contributed by atoms with Crippen LogP contribution in [0.4, 0.5) is 13.2 Å². The molecule has 0 aliphatic carbocycles. The zero-order valence-corrected chi connectivity index (χ0v) is 9.11. The largest absolute Gasteiger partial charge is 0.420 e. The fourth-order valence-electron chi connectivity index (χ4n) is 2.04. The lowest BCUT2D eigenvalue weighted by molar-refractivity contribution is -0.0837. The van der Waals surface area contributed by atoms with Crippen molar-refractivity contribution < 1.29 is 13.2 Å². The van der Waals surface area contributed by atoms with Gasteiger partial charge in [0.25, 0.3) is 0 Å². The summed E-state index contributed by atoms with van der Waals surface area (Å²) in [5.74, 6) is 0. The minimum atomic E-state index is -4.14. The van der Waals surface area contributed by atoms with Gasteiger partial charge in [-0.05, 0) is 42.7 Å². The fourth-order valence-corrected chi connectivity index (χ4v) is 4.47. The SMILES string of the molecule is FC(F)(F)C1=CC=C[SH]1C1CCNCC1. The number of alkyl halides is 3. The minimum Gasteiger partial charge on any atom is -0.317 e. The molecule has 1 nitrogen and oxygen atoms in total. The predicted octanol–water partition coefficient (Wildman–Crippen LogP) is 2.71. The van der Waals surface area contributed by atoms with E-state index in [1.807, 2.05) is 0 Å². The van der Waals surface area contributed by atoms with Gasteiger partial charge >= 0.3 is 6.18 Å². The second kappa shape index (κ2) is 4.22. The molecule has 5 heteroatoms. The molecule has 1 N–H and O–H groups in total. The first-order valence-corrected chi connectivity index (χ1v) is 6.52. The Bertz CT molecular complexity index is 290. The van der Waals surface area contributed by atoms with E-state index in [1.54, 1.807) is 11.5 Å². The van der Waals surface area contributed by atoms with Crippen molar-refractivity contribution in [2.45, 2.75) is 24.3 Å². The fraction of sp³-hybridized carbons (Fsp3) is 0.600. The van der Waals surface area contributed by atoms with Gasteiger partial charge < -0.3 is 5.32 Å². The van der Waals surface area contributed by atoms with Gasteiger partial charge in [-0.25, -0.2) is 0 Å². The van der Waals surface area contributed by atoms with Gasteiger partial charge in [-0.2, -0.15) is 24.1 Å². The Morgan fingerprint density at radius 2 is 1.93 bits per heavy atom. The molecule has 0 bridgehead atoms. The van der Waals surface area contributed by atoms with Gasteiger partial charge in [-0.3, -0.25) is 0 Å². The summed E-state index contributed by atoms with van der Waals surface area (Å²) < 4.78 is 38.0. The Kier molecular flexibility index (Phi) is 3.11. The topological polar surface area (TPSA) is 12.0 Å². The van der Waals surface area contributed by atoms with Crippen molar-refractivity contribution in [3.8, 4) is 0 Å². The van der Waals surface area contributed by atoms with Gasteiger partial charge in [-0.15, -0.1) is 0 Å². The van der Waals surface area contributed by atoms with E-state index in [0.717, 1.165) is 25.9 Å². The zero-order valence-electron chi connectivity index (χ0n) is 8.22. The molecule has 0 saturated carbocycles. The van der Waals surface area contributed by atoms with Gasteiger partial charge in [0.1, 0.15) is 0 Å². The van der Waals surface area contributed by atoms with Crippen LogP contribution in [0.25, 0.3) is 0 Å². The molecule has 1 unspecified atom stereocenters. The molecule has 2 aliphatic heterocycles. The number of hydrogen-bond acceptors (Lipinski definition) is 1. The van der Waals surface area contributed by atoms with Crippen LogP contribution in [0.1, 0.15) is 12.8 Å². The first-order valence-electron chi connectivity index (χ1n) is 5.04. The Morgan fingerprint density at radius 3 is 2.53 bits per heavy atom. The quantitative estimate of drug-likeness (QED) is 0.668. The lowest BCUT2D eigenvalue weighted by atomic mass is 10.2. The van der Waals surface area contributed by atoms with Crippen LogP contribution in [0.15, 0.2) is 22.5 Å². The van der Waals surface area contributed by atoms with E-state index in [0.29, 0.717) is 0 Å². The van der Waals surface area contributed by atoms with Crippen LogP contribution in [0.5, 0.6) is 0 Å². The van der Waals surface area contributed by atoms with E-state index in [9.17, 15) is 13.2 Å². The third-order valence-electron chi connectivity index (χ3n) is 2.77. The minimum absolute atomic E-state index is 0.216. The maximum absolute atomic E-state index is 12.7. The summed E-state index contributed by atoms with van der Waals surface area (Å²) >= 11 is 0. The van der Waals surface area contributed by atoms with E-state index in [4.69, 9.17) is 0 Å².